The Bertz CT molecular complexity index is 185. The molecule has 2 unspecified atom stereocenters. The van der Waals surface area contributed by atoms with Gasteiger partial charge in [0.1, 0.15) is 0 Å². The van der Waals surface area contributed by atoms with Crippen molar-refractivity contribution < 1.29 is 0 Å². The van der Waals surface area contributed by atoms with E-state index < -0.39 is 0 Å². The van der Waals surface area contributed by atoms with E-state index >= 15 is 0 Å². The lowest BCUT2D eigenvalue weighted by atomic mass is 9.75. The second-order valence-electron chi connectivity index (χ2n) is 5.30. The van der Waals surface area contributed by atoms with Crippen molar-refractivity contribution in [3.63, 3.8) is 0 Å². The van der Waals surface area contributed by atoms with Gasteiger partial charge < -0.3 is 16.0 Å². The first-order chi connectivity index (χ1) is 7.27. The van der Waals surface area contributed by atoms with Gasteiger partial charge in [0.05, 0.1) is 0 Å². The highest BCUT2D eigenvalue weighted by Crippen LogP contribution is 2.31. The predicted molar refractivity (Wildman–Crippen MR) is 63.8 cm³/mol. The zero-order chi connectivity index (χ0) is 10.7. The quantitative estimate of drug-likeness (QED) is 0.717. The Labute approximate surface area is 93.4 Å². The average Bonchev–Trinajstić information content (AvgIpc) is 2.16. The van der Waals surface area contributed by atoms with Crippen molar-refractivity contribution in [2.75, 3.05) is 32.7 Å². The summed E-state index contributed by atoms with van der Waals surface area (Å²) in [6, 6.07) is 0.439. The van der Waals surface area contributed by atoms with Crippen LogP contribution in [0.2, 0.25) is 0 Å². The molecule has 1 saturated heterocycles. The Morgan fingerprint density at radius 3 is 2.53 bits per heavy atom. The van der Waals surface area contributed by atoms with E-state index in [1.807, 2.05) is 0 Å². The van der Waals surface area contributed by atoms with Gasteiger partial charge in [-0.05, 0) is 24.7 Å². The Balaban J connectivity index is 1.72. The summed E-state index contributed by atoms with van der Waals surface area (Å²) in [6.07, 6.45) is 4.14. The summed E-state index contributed by atoms with van der Waals surface area (Å²) in [4.78, 5) is 2.56. The van der Waals surface area contributed by atoms with Gasteiger partial charge in [0.25, 0.3) is 0 Å². The maximum atomic E-state index is 6.30. The number of hydrogen-bond donors (Lipinski definition) is 2. The van der Waals surface area contributed by atoms with Gasteiger partial charge >= 0.3 is 0 Å². The monoisotopic (exact) mass is 211 g/mol. The molecule has 1 aliphatic carbocycles. The molecule has 88 valence electrons. The van der Waals surface area contributed by atoms with Crippen molar-refractivity contribution in [2.24, 2.45) is 17.6 Å². The van der Waals surface area contributed by atoms with Crippen molar-refractivity contribution in [2.45, 2.75) is 32.2 Å². The Kier molecular flexibility index (Phi) is 4.00. The van der Waals surface area contributed by atoms with Crippen molar-refractivity contribution in [3.8, 4) is 0 Å². The highest BCUT2D eigenvalue weighted by Gasteiger charge is 2.29. The average molecular weight is 211 g/mol. The van der Waals surface area contributed by atoms with Crippen LogP contribution in [0.4, 0.5) is 0 Å². The third-order valence-corrected chi connectivity index (χ3v) is 4.11. The van der Waals surface area contributed by atoms with Gasteiger partial charge in [-0.1, -0.05) is 13.3 Å². The smallest absolute Gasteiger partial charge is 0.0107 e. The van der Waals surface area contributed by atoms with Crippen LogP contribution in [0.3, 0.4) is 0 Å². The van der Waals surface area contributed by atoms with E-state index in [9.17, 15) is 0 Å². The van der Waals surface area contributed by atoms with Crippen molar-refractivity contribution in [1.82, 2.24) is 10.2 Å². The zero-order valence-electron chi connectivity index (χ0n) is 9.91. The highest BCUT2D eigenvalue weighted by atomic mass is 15.2. The van der Waals surface area contributed by atoms with E-state index in [2.05, 4.69) is 17.1 Å². The standard InChI is InChI=1S/C12H25N3/c1-10(12(13)11-3-2-4-11)9-15-7-5-14-6-8-15/h10-12,14H,2-9,13H2,1H3. The second-order valence-corrected chi connectivity index (χ2v) is 5.30. The number of hydrogen-bond acceptors (Lipinski definition) is 3. The summed E-state index contributed by atoms with van der Waals surface area (Å²) in [7, 11) is 0. The van der Waals surface area contributed by atoms with E-state index in [0.717, 1.165) is 19.0 Å². The summed E-state index contributed by atoms with van der Waals surface area (Å²) >= 11 is 0. The topological polar surface area (TPSA) is 41.3 Å². The molecule has 0 aromatic heterocycles. The molecular formula is C12H25N3. The van der Waals surface area contributed by atoms with Gasteiger partial charge in [-0.25, -0.2) is 0 Å². The maximum Gasteiger partial charge on any atom is 0.0107 e. The lowest BCUT2D eigenvalue weighted by molar-refractivity contribution is 0.155. The van der Waals surface area contributed by atoms with E-state index in [1.54, 1.807) is 0 Å². The molecule has 2 fully saturated rings. The van der Waals surface area contributed by atoms with Crippen LogP contribution in [0, 0.1) is 11.8 Å². The summed E-state index contributed by atoms with van der Waals surface area (Å²) in [5.41, 5.74) is 6.30. The van der Waals surface area contributed by atoms with Gasteiger partial charge in [0.2, 0.25) is 0 Å². The number of piperazine rings is 1. The summed E-state index contributed by atoms with van der Waals surface area (Å²) in [5, 5.41) is 3.39. The minimum absolute atomic E-state index is 0.439. The first-order valence-electron chi connectivity index (χ1n) is 6.46. The molecule has 15 heavy (non-hydrogen) atoms. The molecule has 0 spiro atoms. The first kappa shape index (κ1) is 11.4. The van der Waals surface area contributed by atoms with Gasteiger partial charge in [-0.3, -0.25) is 0 Å². The molecule has 2 rings (SSSR count). The van der Waals surface area contributed by atoms with E-state index in [0.29, 0.717) is 12.0 Å². The normalized spacial score (nSPS) is 28.4. The molecule has 0 aromatic carbocycles. The van der Waals surface area contributed by atoms with Gasteiger partial charge in [-0.2, -0.15) is 0 Å². The summed E-state index contributed by atoms with van der Waals surface area (Å²) < 4.78 is 0. The third-order valence-electron chi connectivity index (χ3n) is 4.11. The SMILES string of the molecule is CC(CN1CCNCC1)C(N)C1CCC1. The molecule has 0 amide bonds. The van der Waals surface area contributed by atoms with Gasteiger partial charge in [-0.15, -0.1) is 0 Å². The number of nitrogens with one attached hydrogen (secondary N) is 1. The molecule has 1 heterocycles. The molecular weight excluding hydrogens is 186 g/mol. The molecule has 3 nitrogen and oxygen atoms in total. The minimum atomic E-state index is 0.439. The second kappa shape index (κ2) is 5.28. The summed E-state index contributed by atoms with van der Waals surface area (Å²) in [6.45, 7) is 8.20. The van der Waals surface area contributed by atoms with Crippen LogP contribution < -0.4 is 11.1 Å². The van der Waals surface area contributed by atoms with E-state index in [1.165, 1.54) is 38.9 Å². The Morgan fingerprint density at radius 2 is 2.00 bits per heavy atom. The molecule has 3 N–H and O–H groups in total. The Morgan fingerprint density at radius 1 is 1.33 bits per heavy atom. The number of nitrogens with two attached hydrogens (primary N) is 1. The molecule has 0 bridgehead atoms. The Hall–Kier alpha value is -0.120. The van der Waals surface area contributed by atoms with E-state index in [4.69, 9.17) is 5.73 Å². The molecule has 0 aromatic rings. The van der Waals surface area contributed by atoms with Crippen LogP contribution in [0.5, 0.6) is 0 Å². The lowest BCUT2D eigenvalue weighted by Crippen LogP contribution is -2.49. The fraction of sp³-hybridized carbons (Fsp3) is 1.00. The fourth-order valence-electron chi connectivity index (χ4n) is 2.71. The molecule has 0 radical (unpaired) electrons. The van der Waals surface area contributed by atoms with Crippen molar-refractivity contribution in [3.05, 3.63) is 0 Å². The molecule has 2 aliphatic rings. The summed E-state index contributed by atoms with van der Waals surface area (Å²) in [5.74, 6) is 1.48. The lowest BCUT2D eigenvalue weighted by Gasteiger charge is -2.38. The molecule has 3 heteroatoms. The third kappa shape index (κ3) is 2.92. The molecule has 2 atom stereocenters. The first-order valence-corrected chi connectivity index (χ1v) is 6.46. The fourth-order valence-corrected chi connectivity index (χ4v) is 2.71. The highest BCUT2D eigenvalue weighted by molar-refractivity contribution is 4.85. The van der Waals surface area contributed by atoms with Crippen LogP contribution in [0.15, 0.2) is 0 Å². The number of rotatable bonds is 4. The van der Waals surface area contributed by atoms with Crippen LogP contribution >= 0.6 is 0 Å². The molecule has 1 saturated carbocycles. The van der Waals surface area contributed by atoms with Crippen LogP contribution in [0.25, 0.3) is 0 Å². The van der Waals surface area contributed by atoms with Gasteiger partial charge in [0, 0.05) is 38.8 Å². The molecule has 1 aliphatic heterocycles. The largest absolute Gasteiger partial charge is 0.327 e. The van der Waals surface area contributed by atoms with Crippen molar-refractivity contribution >= 4 is 0 Å². The van der Waals surface area contributed by atoms with Gasteiger partial charge in [0.15, 0.2) is 0 Å². The minimum Gasteiger partial charge on any atom is -0.327 e. The van der Waals surface area contributed by atoms with Crippen LogP contribution in [0.1, 0.15) is 26.2 Å². The van der Waals surface area contributed by atoms with Crippen molar-refractivity contribution in [1.29, 1.82) is 0 Å². The number of nitrogens with zero attached hydrogens (tertiary/aromatic N) is 1. The van der Waals surface area contributed by atoms with Crippen LogP contribution in [-0.4, -0.2) is 43.7 Å². The zero-order valence-corrected chi connectivity index (χ0v) is 9.91. The van der Waals surface area contributed by atoms with E-state index in [-0.39, 0.29) is 0 Å². The van der Waals surface area contributed by atoms with Crippen LogP contribution in [-0.2, 0) is 0 Å². The predicted octanol–water partition coefficient (Wildman–Crippen LogP) is 0.655. The maximum absolute atomic E-state index is 6.30.